The molecular formula is C15H19N3O2S. The van der Waals surface area contributed by atoms with E-state index in [2.05, 4.69) is 48.4 Å². The molecule has 112 valence electrons. The summed E-state index contributed by atoms with van der Waals surface area (Å²) in [5, 5.41) is 11.7. The highest BCUT2D eigenvalue weighted by atomic mass is 32.1. The van der Waals surface area contributed by atoms with Gasteiger partial charge in [-0.2, -0.15) is 0 Å². The zero-order valence-electron chi connectivity index (χ0n) is 12.6. The van der Waals surface area contributed by atoms with E-state index in [4.69, 9.17) is 4.74 Å². The molecule has 1 aromatic carbocycles. The Kier molecular flexibility index (Phi) is 4.57. The van der Waals surface area contributed by atoms with Gasteiger partial charge >= 0.3 is 0 Å². The molecule has 0 radical (unpaired) electrons. The topological polar surface area (TPSA) is 64.1 Å². The normalized spacial score (nSPS) is 11.2. The van der Waals surface area contributed by atoms with Gasteiger partial charge < -0.3 is 10.1 Å². The lowest BCUT2D eigenvalue weighted by Crippen LogP contribution is -2.10. The Balaban J connectivity index is 1.94. The zero-order chi connectivity index (χ0) is 15.5. The standard InChI is InChI=1S/C15H19N3O2S/c1-10(19)16-14-18-17-13(21-14)9-20-12-7-5-11(6-8-12)15(2,3)4/h5-8H,9H2,1-4H3,(H,16,18,19). The third kappa shape index (κ3) is 4.53. The van der Waals surface area contributed by atoms with Crippen molar-refractivity contribution in [3.8, 4) is 5.75 Å². The van der Waals surface area contributed by atoms with Crippen LogP contribution in [0, 0.1) is 0 Å². The summed E-state index contributed by atoms with van der Waals surface area (Å²) in [6.07, 6.45) is 0. The minimum Gasteiger partial charge on any atom is -0.486 e. The Morgan fingerprint density at radius 1 is 1.24 bits per heavy atom. The molecule has 6 heteroatoms. The fourth-order valence-electron chi connectivity index (χ4n) is 1.71. The third-order valence-corrected chi connectivity index (χ3v) is 3.64. The first-order valence-electron chi connectivity index (χ1n) is 6.68. The predicted molar refractivity (Wildman–Crippen MR) is 83.7 cm³/mol. The van der Waals surface area contributed by atoms with E-state index in [1.54, 1.807) is 0 Å². The number of hydrogen-bond acceptors (Lipinski definition) is 5. The third-order valence-electron chi connectivity index (χ3n) is 2.83. The molecule has 21 heavy (non-hydrogen) atoms. The van der Waals surface area contributed by atoms with Gasteiger partial charge in [-0.25, -0.2) is 0 Å². The maximum absolute atomic E-state index is 10.9. The highest BCUT2D eigenvalue weighted by molar-refractivity contribution is 7.15. The van der Waals surface area contributed by atoms with Gasteiger partial charge in [0.1, 0.15) is 12.4 Å². The first-order chi connectivity index (χ1) is 9.84. The SMILES string of the molecule is CC(=O)Nc1nnc(COc2ccc(C(C)(C)C)cc2)s1. The van der Waals surface area contributed by atoms with Gasteiger partial charge in [-0.15, -0.1) is 10.2 Å². The number of rotatable bonds is 4. The second-order valence-corrected chi connectivity index (χ2v) is 6.81. The van der Waals surface area contributed by atoms with Crippen LogP contribution in [0.3, 0.4) is 0 Å². The highest BCUT2D eigenvalue weighted by Gasteiger charge is 2.13. The molecule has 0 fully saturated rings. The number of aromatic nitrogens is 2. The van der Waals surface area contributed by atoms with E-state index in [0.29, 0.717) is 11.7 Å². The summed E-state index contributed by atoms with van der Waals surface area (Å²) in [4.78, 5) is 10.9. The van der Waals surface area contributed by atoms with Crippen molar-refractivity contribution in [2.24, 2.45) is 0 Å². The van der Waals surface area contributed by atoms with Crippen molar-refractivity contribution < 1.29 is 9.53 Å². The molecule has 0 saturated carbocycles. The molecule has 0 unspecified atom stereocenters. The first kappa shape index (κ1) is 15.4. The smallest absolute Gasteiger partial charge is 0.223 e. The molecule has 0 atom stereocenters. The molecule has 0 aliphatic heterocycles. The van der Waals surface area contributed by atoms with Gasteiger partial charge in [0.2, 0.25) is 11.0 Å². The van der Waals surface area contributed by atoms with Gasteiger partial charge in [0.15, 0.2) is 5.01 Å². The number of carbonyl (C=O) groups excluding carboxylic acids is 1. The minimum absolute atomic E-state index is 0.130. The molecule has 0 spiro atoms. The molecule has 0 saturated heterocycles. The van der Waals surface area contributed by atoms with Crippen molar-refractivity contribution in [1.29, 1.82) is 0 Å². The summed E-state index contributed by atoms with van der Waals surface area (Å²) in [7, 11) is 0. The molecule has 1 N–H and O–H groups in total. The monoisotopic (exact) mass is 305 g/mol. The summed E-state index contributed by atoms with van der Waals surface area (Å²) in [6, 6.07) is 8.04. The zero-order valence-corrected chi connectivity index (χ0v) is 13.5. The van der Waals surface area contributed by atoms with E-state index in [9.17, 15) is 4.79 Å². The van der Waals surface area contributed by atoms with E-state index in [0.717, 1.165) is 10.8 Å². The van der Waals surface area contributed by atoms with Crippen LogP contribution in [0.4, 0.5) is 5.13 Å². The van der Waals surface area contributed by atoms with Gasteiger partial charge in [-0.05, 0) is 23.1 Å². The number of nitrogens with zero attached hydrogens (tertiary/aromatic N) is 2. The Labute approximate surface area is 128 Å². The van der Waals surface area contributed by atoms with E-state index < -0.39 is 0 Å². The van der Waals surface area contributed by atoms with Crippen LogP contribution in [0.2, 0.25) is 0 Å². The van der Waals surface area contributed by atoms with Crippen molar-refractivity contribution in [3.05, 3.63) is 34.8 Å². The van der Waals surface area contributed by atoms with E-state index in [-0.39, 0.29) is 11.3 Å². The molecule has 5 nitrogen and oxygen atoms in total. The van der Waals surface area contributed by atoms with E-state index in [1.807, 2.05) is 12.1 Å². The Bertz CT molecular complexity index is 615. The van der Waals surface area contributed by atoms with Gasteiger partial charge in [0.05, 0.1) is 0 Å². The summed E-state index contributed by atoms with van der Waals surface area (Å²) >= 11 is 1.31. The van der Waals surface area contributed by atoms with Crippen LogP contribution < -0.4 is 10.1 Å². The van der Waals surface area contributed by atoms with Gasteiger partial charge in [-0.3, -0.25) is 4.79 Å². The van der Waals surface area contributed by atoms with Crippen LogP contribution >= 0.6 is 11.3 Å². The molecule has 2 aromatic rings. The van der Waals surface area contributed by atoms with Gasteiger partial charge in [-0.1, -0.05) is 44.2 Å². The molecular weight excluding hydrogens is 286 g/mol. The van der Waals surface area contributed by atoms with Crippen LogP contribution in [-0.4, -0.2) is 16.1 Å². The summed E-state index contributed by atoms with van der Waals surface area (Å²) in [5.41, 5.74) is 1.39. The van der Waals surface area contributed by atoms with Gasteiger partial charge in [0.25, 0.3) is 0 Å². The molecule has 1 amide bonds. The molecule has 0 aliphatic carbocycles. The van der Waals surface area contributed by atoms with Crippen LogP contribution in [0.1, 0.15) is 38.3 Å². The quantitative estimate of drug-likeness (QED) is 0.940. The number of carbonyl (C=O) groups is 1. The van der Waals surface area contributed by atoms with Crippen LogP contribution in [0.25, 0.3) is 0 Å². The van der Waals surface area contributed by atoms with Crippen molar-refractivity contribution in [2.45, 2.75) is 39.7 Å². The molecule has 0 bridgehead atoms. The van der Waals surface area contributed by atoms with Gasteiger partial charge in [0, 0.05) is 6.92 Å². The lowest BCUT2D eigenvalue weighted by molar-refractivity contribution is -0.114. The predicted octanol–water partition coefficient (Wildman–Crippen LogP) is 3.37. The first-order valence-corrected chi connectivity index (χ1v) is 7.49. The number of hydrogen-bond donors (Lipinski definition) is 1. The number of ether oxygens (including phenoxy) is 1. The fourth-order valence-corrected chi connectivity index (χ4v) is 2.41. The summed E-state index contributed by atoms with van der Waals surface area (Å²) < 4.78 is 5.67. The number of amides is 1. The van der Waals surface area contributed by atoms with Crippen LogP contribution in [0.15, 0.2) is 24.3 Å². The average molecular weight is 305 g/mol. The Hall–Kier alpha value is -1.95. The Morgan fingerprint density at radius 2 is 1.90 bits per heavy atom. The fraction of sp³-hybridized carbons (Fsp3) is 0.400. The maximum atomic E-state index is 10.9. The maximum Gasteiger partial charge on any atom is 0.223 e. The lowest BCUT2D eigenvalue weighted by atomic mass is 9.87. The van der Waals surface area contributed by atoms with Crippen molar-refractivity contribution in [1.82, 2.24) is 10.2 Å². The van der Waals surface area contributed by atoms with Crippen molar-refractivity contribution >= 4 is 22.4 Å². The van der Waals surface area contributed by atoms with Crippen molar-refractivity contribution in [2.75, 3.05) is 5.32 Å². The Morgan fingerprint density at radius 3 is 2.48 bits per heavy atom. The second kappa shape index (κ2) is 6.22. The number of anilines is 1. The van der Waals surface area contributed by atoms with E-state index in [1.165, 1.54) is 23.8 Å². The van der Waals surface area contributed by atoms with Crippen molar-refractivity contribution in [3.63, 3.8) is 0 Å². The molecule has 0 aliphatic rings. The lowest BCUT2D eigenvalue weighted by Gasteiger charge is -2.19. The average Bonchev–Trinajstić information content (AvgIpc) is 2.82. The highest BCUT2D eigenvalue weighted by Crippen LogP contribution is 2.25. The molecule has 1 heterocycles. The molecule has 1 aromatic heterocycles. The minimum atomic E-state index is -0.156. The van der Waals surface area contributed by atoms with E-state index >= 15 is 0 Å². The number of benzene rings is 1. The summed E-state index contributed by atoms with van der Waals surface area (Å²) in [5.74, 6) is 0.635. The molecule has 2 rings (SSSR count). The van der Waals surface area contributed by atoms with Crippen LogP contribution in [0.5, 0.6) is 5.75 Å². The number of nitrogens with one attached hydrogen (secondary N) is 1. The summed E-state index contributed by atoms with van der Waals surface area (Å²) in [6.45, 7) is 8.30. The second-order valence-electron chi connectivity index (χ2n) is 5.75. The van der Waals surface area contributed by atoms with Crippen LogP contribution in [-0.2, 0) is 16.8 Å². The largest absolute Gasteiger partial charge is 0.486 e.